The maximum absolute atomic E-state index is 5.28. The molecule has 4 heteroatoms. The Kier molecular flexibility index (Phi) is 5.25. The van der Waals surface area contributed by atoms with Gasteiger partial charge < -0.3 is 4.57 Å². The van der Waals surface area contributed by atoms with Crippen LogP contribution in [0.4, 0.5) is 0 Å². The highest BCUT2D eigenvalue weighted by molar-refractivity contribution is 6.20. The van der Waals surface area contributed by atoms with E-state index < -0.39 is 0 Å². The van der Waals surface area contributed by atoms with Crippen LogP contribution < -0.4 is 0 Å². The first-order valence-corrected chi connectivity index (χ1v) is 15.6. The van der Waals surface area contributed by atoms with Gasteiger partial charge in [-0.25, -0.2) is 9.50 Å². The van der Waals surface area contributed by atoms with Gasteiger partial charge in [-0.15, -0.1) is 0 Å². The van der Waals surface area contributed by atoms with Crippen molar-refractivity contribution in [3.8, 4) is 28.1 Å². The summed E-state index contributed by atoms with van der Waals surface area (Å²) in [6.07, 6.45) is 2.12. The second kappa shape index (κ2) is 9.62. The summed E-state index contributed by atoms with van der Waals surface area (Å²) in [5.74, 6) is 0. The average molecular weight is 587 g/mol. The van der Waals surface area contributed by atoms with E-state index in [-0.39, 0.29) is 0 Å². The molecule has 4 nitrogen and oxygen atoms in total. The summed E-state index contributed by atoms with van der Waals surface area (Å²) >= 11 is 0. The Hall–Kier alpha value is -6.26. The Balaban J connectivity index is 1.19. The molecule has 0 saturated carbocycles. The molecule has 0 spiro atoms. The molecule has 0 aliphatic heterocycles. The maximum atomic E-state index is 5.28. The molecule has 0 bridgehead atoms. The molecule has 4 heterocycles. The van der Waals surface area contributed by atoms with Gasteiger partial charge in [-0.05, 0) is 59.5 Å². The molecule has 0 saturated heterocycles. The number of nitrogens with zero attached hydrogens (tertiary/aromatic N) is 4. The summed E-state index contributed by atoms with van der Waals surface area (Å²) in [6.45, 7) is 0. The number of benzene rings is 6. The van der Waals surface area contributed by atoms with Crippen molar-refractivity contribution in [3.05, 3.63) is 158 Å². The molecule has 46 heavy (non-hydrogen) atoms. The second-order valence-corrected chi connectivity index (χ2v) is 11.9. The Morgan fingerprint density at radius 1 is 0.391 bits per heavy atom. The molecular formula is C42H26N4. The Morgan fingerprint density at radius 3 is 1.91 bits per heavy atom. The molecule has 0 unspecified atom stereocenters. The van der Waals surface area contributed by atoms with E-state index in [0.717, 1.165) is 55.4 Å². The third-order valence-electron chi connectivity index (χ3n) is 9.32. The molecule has 0 fully saturated rings. The summed E-state index contributed by atoms with van der Waals surface area (Å²) in [7, 11) is 0. The topological polar surface area (TPSA) is 35.1 Å². The normalized spacial score (nSPS) is 11.9. The quantitative estimate of drug-likeness (QED) is 0.193. The zero-order chi connectivity index (χ0) is 30.2. The standard InChI is InChI=1S/C42H26N4/c1-2-10-30(11-3-1)46-40-17-9-6-13-32(40)35-24-34-31-12-4-7-15-37(31)43-42(36(34)25-41(35)46)28-20-18-27(19-21-28)29-22-23-39-33-14-5-8-16-38(33)44-45(39)26-29/h1-26H. The van der Waals surface area contributed by atoms with Crippen LogP contribution in [0.3, 0.4) is 0 Å². The van der Waals surface area contributed by atoms with Crippen LogP contribution in [-0.4, -0.2) is 19.2 Å². The third kappa shape index (κ3) is 3.67. The van der Waals surface area contributed by atoms with Crippen molar-refractivity contribution in [2.24, 2.45) is 0 Å². The minimum absolute atomic E-state index is 0.987. The van der Waals surface area contributed by atoms with Crippen molar-refractivity contribution >= 4 is 59.9 Å². The summed E-state index contributed by atoms with van der Waals surface area (Å²) < 4.78 is 4.37. The highest BCUT2D eigenvalue weighted by Crippen LogP contribution is 2.40. The lowest BCUT2D eigenvalue weighted by atomic mass is 9.97. The van der Waals surface area contributed by atoms with E-state index in [1.807, 2.05) is 10.6 Å². The van der Waals surface area contributed by atoms with Gasteiger partial charge in [0.1, 0.15) is 0 Å². The number of rotatable bonds is 3. The number of hydrogen-bond donors (Lipinski definition) is 0. The van der Waals surface area contributed by atoms with Crippen LogP contribution in [0, 0.1) is 0 Å². The fourth-order valence-corrected chi connectivity index (χ4v) is 7.16. The van der Waals surface area contributed by atoms with Gasteiger partial charge in [0.25, 0.3) is 0 Å². The molecular weight excluding hydrogens is 560 g/mol. The van der Waals surface area contributed by atoms with Crippen LogP contribution in [0.25, 0.3) is 88.0 Å². The molecule has 0 atom stereocenters. The van der Waals surface area contributed by atoms with Crippen LogP contribution in [0.1, 0.15) is 0 Å². The molecule has 0 amide bonds. The number of pyridine rings is 2. The first kappa shape index (κ1) is 25.1. The zero-order valence-electron chi connectivity index (χ0n) is 24.8. The van der Waals surface area contributed by atoms with E-state index in [1.165, 1.54) is 32.6 Å². The fraction of sp³-hybridized carbons (Fsp3) is 0. The summed E-state index contributed by atoms with van der Waals surface area (Å²) in [5.41, 5.74) is 11.0. The van der Waals surface area contributed by atoms with E-state index in [1.54, 1.807) is 0 Å². The van der Waals surface area contributed by atoms with Crippen molar-refractivity contribution < 1.29 is 0 Å². The lowest BCUT2D eigenvalue weighted by Crippen LogP contribution is -1.94. The number of aromatic nitrogens is 4. The smallest absolute Gasteiger partial charge is 0.0933 e. The zero-order valence-corrected chi connectivity index (χ0v) is 24.8. The Bertz CT molecular complexity index is 2790. The number of fused-ring (bicyclic) bond motifs is 9. The van der Waals surface area contributed by atoms with Crippen molar-refractivity contribution in [1.29, 1.82) is 0 Å². The molecule has 0 aliphatic rings. The molecule has 0 radical (unpaired) electrons. The molecule has 4 aromatic heterocycles. The van der Waals surface area contributed by atoms with Gasteiger partial charge in [-0.2, -0.15) is 5.10 Å². The second-order valence-electron chi connectivity index (χ2n) is 11.9. The van der Waals surface area contributed by atoms with E-state index in [0.29, 0.717) is 0 Å². The highest BCUT2D eigenvalue weighted by Gasteiger charge is 2.17. The Labute approximate surface area is 264 Å². The monoisotopic (exact) mass is 586 g/mol. The Morgan fingerprint density at radius 2 is 1.07 bits per heavy atom. The molecule has 10 aromatic rings. The number of para-hydroxylation sites is 3. The minimum atomic E-state index is 0.987. The predicted molar refractivity (Wildman–Crippen MR) is 191 cm³/mol. The summed E-state index contributed by atoms with van der Waals surface area (Å²) in [4.78, 5) is 5.28. The average Bonchev–Trinajstić information content (AvgIpc) is 3.66. The first-order valence-electron chi connectivity index (χ1n) is 15.6. The SMILES string of the molecule is c1ccc(-n2c3ccccc3c3cc4c(cc32)c(-c2ccc(-c3ccc5c6ccccc6nn5c3)cc2)nc2ccccc24)cc1. The van der Waals surface area contributed by atoms with Gasteiger partial charge in [-0.1, -0.05) is 103 Å². The molecule has 214 valence electrons. The maximum Gasteiger partial charge on any atom is 0.0933 e. The lowest BCUT2D eigenvalue weighted by Gasteiger charge is -2.13. The first-order chi connectivity index (χ1) is 22.8. The van der Waals surface area contributed by atoms with E-state index in [4.69, 9.17) is 10.1 Å². The third-order valence-corrected chi connectivity index (χ3v) is 9.32. The minimum Gasteiger partial charge on any atom is -0.309 e. The summed E-state index contributed by atoms with van der Waals surface area (Å²) in [5, 5.41) is 12.0. The molecule has 0 N–H and O–H groups in total. The van der Waals surface area contributed by atoms with E-state index in [2.05, 4.69) is 156 Å². The fourth-order valence-electron chi connectivity index (χ4n) is 7.16. The van der Waals surface area contributed by atoms with Gasteiger partial charge in [-0.3, -0.25) is 0 Å². The van der Waals surface area contributed by atoms with Gasteiger partial charge in [0.05, 0.1) is 33.3 Å². The largest absolute Gasteiger partial charge is 0.309 e. The van der Waals surface area contributed by atoms with Crippen LogP contribution >= 0.6 is 0 Å². The van der Waals surface area contributed by atoms with Gasteiger partial charge in [0.2, 0.25) is 0 Å². The van der Waals surface area contributed by atoms with Gasteiger partial charge in [0, 0.05) is 49.9 Å². The van der Waals surface area contributed by atoms with E-state index >= 15 is 0 Å². The summed E-state index contributed by atoms with van der Waals surface area (Å²) in [6, 6.07) is 53.9. The van der Waals surface area contributed by atoms with E-state index in [9.17, 15) is 0 Å². The predicted octanol–water partition coefficient (Wildman–Crippen LogP) is 10.6. The number of hydrogen-bond acceptors (Lipinski definition) is 2. The molecule has 10 rings (SSSR count). The van der Waals surface area contributed by atoms with Crippen molar-refractivity contribution in [3.63, 3.8) is 0 Å². The molecule has 0 aliphatic carbocycles. The van der Waals surface area contributed by atoms with Gasteiger partial charge >= 0.3 is 0 Å². The molecule has 6 aromatic carbocycles. The van der Waals surface area contributed by atoms with Crippen LogP contribution in [0.2, 0.25) is 0 Å². The van der Waals surface area contributed by atoms with Crippen molar-refractivity contribution in [2.75, 3.05) is 0 Å². The van der Waals surface area contributed by atoms with Gasteiger partial charge in [0.15, 0.2) is 0 Å². The van der Waals surface area contributed by atoms with Crippen LogP contribution in [0.5, 0.6) is 0 Å². The lowest BCUT2D eigenvalue weighted by molar-refractivity contribution is 0.983. The van der Waals surface area contributed by atoms with Crippen LogP contribution in [-0.2, 0) is 0 Å². The van der Waals surface area contributed by atoms with Crippen molar-refractivity contribution in [2.45, 2.75) is 0 Å². The van der Waals surface area contributed by atoms with Crippen molar-refractivity contribution in [1.82, 2.24) is 19.2 Å². The van der Waals surface area contributed by atoms with Crippen LogP contribution in [0.15, 0.2) is 158 Å². The highest BCUT2D eigenvalue weighted by atomic mass is 15.2.